The number of hydrogen-bond donors (Lipinski definition) is 1. The molecule has 44 heavy (non-hydrogen) atoms. The highest BCUT2D eigenvalue weighted by Crippen LogP contribution is 2.37. The molecular weight excluding hydrogens is 548 g/mol. The lowest BCUT2D eigenvalue weighted by Crippen LogP contribution is -2.30. The van der Waals surface area contributed by atoms with Crippen LogP contribution in [0.4, 0.5) is 5.69 Å². The van der Waals surface area contributed by atoms with Crippen LogP contribution < -0.4 is 15.0 Å². The number of para-hydroxylation sites is 1. The maximum absolute atomic E-state index is 14.2. The number of methoxy groups -OCH3 is 1. The summed E-state index contributed by atoms with van der Waals surface area (Å²) in [4.78, 5) is 33.6. The number of carbonyl (C=O) groups excluding carboxylic acids is 2. The second-order valence-corrected chi connectivity index (χ2v) is 10.8. The lowest BCUT2D eigenvalue weighted by molar-refractivity contribution is 0.0940. The van der Waals surface area contributed by atoms with E-state index in [1.807, 2.05) is 95.6 Å². The van der Waals surface area contributed by atoms with Crippen molar-refractivity contribution in [3.05, 3.63) is 150 Å². The van der Waals surface area contributed by atoms with E-state index in [-0.39, 0.29) is 11.8 Å². The van der Waals surface area contributed by atoms with Crippen LogP contribution in [0.2, 0.25) is 0 Å². The summed E-state index contributed by atoms with van der Waals surface area (Å²) < 4.78 is 7.83. The summed E-state index contributed by atoms with van der Waals surface area (Å²) in [7, 11) is 1.63. The molecule has 0 fully saturated rings. The highest BCUT2D eigenvalue weighted by atomic mass is 16.5. The molecule has 2 amide bonds. The van der Waals surface area contributed by atoms with Crippen LogP contribution in [0.5, 0.6) is 5.75 Å². The van der Waals surface area contributed by atoms with Crippen LogP contribution in [0.3, 0.4) is 0 Å². The number of benzene rings is 4. The van der Waals surface area contributed by atoms with Crippen molar-refractivity contribution in [3.8, 4) is 16.9 Å². The molecule has 0 spiro atoms. The fourth-order valence-corrected chi connectivity index (χ4v) is 5.97. The molecule has 4 aromatic carbocycles. The number of nitrogens with zero attached hydrogens (tertiary/aromatic N) is 3. The Morgan fingerprint density at radius 1 is 0.818 bits per heavy atom. The van der Waals surface area contributed by atoms with E-state index in [1.165, 1.54) is 0 Å². The van der Waals surface area contributed by atoms with Crippen LogP contribution in [0.1, 0.15) is 37.8 Å². The van der Waals surface area contributed by atoms with Crippen LogP contribution in [0, 0.1) is 0 Å². The fourth-order valence-electron chi connectivity index (χ4n) is 5.97. The van der Waals surface area contributed by atoms with Crippen LogP contribution >= 0.6 is 0 Å². The normalized spacial score (nSPS) is 12.2. The molecule has 2 aromatic heterocycles. The van der Waals surface area contributed by atoms with Gasteiger partial charge in [0.25, 0.3) is 11.8 Å². The van der Waals surface area contributed by atoms with Gasteiger partial charge in [-0.15, -0.1) is 0 Å². The average molecular weight is 579 g/mol. The van der Waals surface area contributed by atoms with E-state index in [0.717, 1.165) is 44.5 Å². The molecule has 0 atom stereocenters. The zero-order valence-corrected chi connectivity index (χ0v) is 24.2. The zero-order valence-electron chi connectivity index (χ0n) is 24.2. The van der Waals surface area contributed by atoms with Gasteiger partial charge in [0.1, 0.15) is 11.4 Å². The second-order valence-electron chi connectivity index (χ2n) is 10.8. The summed E-state index contributed by atoms with van der Waals surface area (Å²) in [6.07, 6.45) is 1.71. The first-order valence-corrected chi connectivity index (χ1v) is 14.5. The largest absolute Gasteiger partial charge is 0.496 e. The van der Waals surface area contributed by atoms with Crippen LogP contribution in [0.15, 0.2) is 121 Å². The van der Waals surface area contributed by atoms with E-state index in [1.54, 1.807) is 18.2 Å². The number of rotatable bonds is 6. The van der Waals surface area contributed by atoms with Gasteiger partial charge in [-0.05, 0) is 70.4 Å². The molecule has 1 aliphatic heterocycles. The number of ether oxygens (including phenoxy) is 1. The quantitative estimate of drug-likeness (QED) is 0.235. The SMILES string of the molecule is COc1cc(C(=O)N2Cc3ccc(C(=O)NCc4ccccn4)n3Cc3ccccc32)ccc1-c1cccc2ccccc12. The Morgan fingerprint density at radius 3 is 2.50 bits per heavy atom. The Hall–Kier alpha value is -5.69. The molecule has 1 aliphatic rings. The van der Waals surface area contributed by atoms with Crippen molar-refractivity contribution in [2.24, 2.45) is 0 Å². The molecule has 216 valence electrons. The summed E-state index contributed by atoms with van der Waals surface area (Å²) in [5, 5.41) is 5.24. The number of hydrogen-bond acceptors (Lipinski definition) is 4. The van der Waals surface area contributed by atoms with Crippen molar-refractivity contribution in [2.45, 2.75) is 19.6 Å². The van der Waals surface area contributed by atoms with E-state index in [2.05, 4.69) is 34.6 Å². The van der Waals surface area contributed by atoms with Gasteiger partial charge in [-0.3, -0.25) is 14.6 Å². The molecule has 6 aromatic rings. The Morgan fingerprint density at radius 2 is 1.64 bits per heavy atom. The number of carbonyl (C=O) groups is 2. The predicted molar refractivity (Wildman–Crippen MR) is 172 cm³/mol. The predicted octanol–water partition coefficient (Wildman–Crippen LogP) is 6.85. The molecule has 0 unspecified atom stereocenters. The molecular formula is C37H30N4O3. The molecule has 7 heteroatoms. The molecule has 7 rings (SSSR count). The highest BCUT2D eigenvalue weighted by molar-refractivity contribution is 6.08. The molecule has 3 heterocycles. The third kappa shape index (κ3) is 4.98. The molecule has 7 nitrogen and oxygen atoms in total. The Labute approximate surface area is 255 Å². The third-order valence-electron chi connectivity index (χ3n) is 8.16. The van der Waals surface area contributed by atoms with Crippen LogP contribution in [-0.4, -0.2) is 28.5 Å². The summed E-state index contributed by atoms with van der Waals surface area (Å²) >= 11 is 0. The maximum Gasteiger partial charge on any atom is 0.268 e. The molecule has 0 saturated heterocycles. The van der Waals surface area contributed by atoms with Crippen molar-refractivity contribution in [2.75, 3.05) is 12.0 Å². The zero-order chi connectivity index (χ0) is 30.0. The molecule has 0 saturated carbocycles. The monoisotopic (exact) mass is 578 g/mol. The summed E-state index contributed by atoms with van der Waals surface area (Å²) in [5.41, 5.74) is 6.46. The van der Waals surface area contributed by atoms with E-state index in [0.29, 0.717) is 36.6 Å². The van der Waals surface area contributed by atoms with Crippen molar-refractivity contribution < 1.29 is 14.3 Å². The smallest absolute Gasteiger partial charge is 0.268 e. The number of aromatic nitrogens is 2. The minimum atomic E-state index is -0.187. The topological polar surface area (TPSA) is 76.5 Å². The molecule has 1 N–H and O–H groups in total. The number of fused-ring (bicyclic) bond motifs is 3. The minimum absolute atomic E-state index is 0.143. The number of amides is 2. The molecule has 0 aliphatic carbocycles. The van der Waals surface area contributed by atoms with E-state index >= 15 is 0 Å². The highest BCUT2D eigenvalue weighted by Gasteiger charge is 2.28. The van der Waals surface area contributed by atoms with Crippen molar-refractivity contribution in [1.82, 2.24) is 14.9 Å². The molecule has 0 bridgehead atoms. The van der Waals surface area contributed by atoms with Crippen LogP contribution in [0.25, 0.3) is 21.9 Å². The Kier molecular flexibility index (Phi) is 7.12. The Bertz CT molecular complexity index is 2010. The first-order chi connectivity index (χ1) is 21.6. The lowest BCUT2D eigenvalue weighted by atomic mass is 9.96. The number of anilines is 1. The van der Waals surface area contributed by atoms with Gasteiger partial charge in [-0.2, -0.15) is 0 Å². The van der Waals surface area contributed by atoms with Crippen molar-refractivity contribution in [3.63, 3.8) is 0 Å². The third-order valence-corrected chi connectivity index (χ3v) is 8.16. The first kappa shape index (κ1) is 27.2. The maximum atomic E-state index is 14.2. The van der Waals surface area contributed by atoms with Gasteiger partial charge < -0.3 is 19.5 Å². The number of pyridine rings is 1. The van der Waals surface area contributed by atoms with Crippen LogP contribution in [-0.2, 0) is 19.6 Å². The van der Waals surface area contributed by atoms with Crippen molar-refractivity contribution in [1.29, 1.82) is 0 Å². The van der Waals surface area contributed by atoms with E-state index in [4.69, 9.17) is 4.74 Å². The van der Waals surface area contributed by atoms with Gasteiger partial charge in [0.15, 0.2) is 0 Å². The van der Waals surface area contributed by atoms with E-state index < -0.39 is 0 Å². The number of nitrogens with one attached hydrogen (secondary N) is 1. The van der Waals surface area contributed by atoms with Crippen molar-refractivity contribution >= 4 is 28.3 Å². The second kappa shape index (κ2) is 11.5. The summed E-state index contributed by atoms with van der Waals surface area (Å²) in [5.74, 6) is 0.300. The van der Waals surface area contributed by atoms with Gasteiger partial charge in [0, 0.05) is 28.7 Å². The van der Waals surface area contributed by atoms with Gasteiger partial charge in [0.2, 0.25) is 0 Å². The lowest BCUT2D eigenvalue weighted by Gasteiger charge is -2.23. The summed E-state index contributed by atoms with van der Waals surface area (Å²) in [6.45, 7) is 1.12. The fraction of sp³-hybridized carbons (Fsp3) is 0.108. The minimum Gasteiger partial charge on any atom is -0.496 e. The average Bonchev–Trinajstić information content (AvgIpc) is 3.39. The van der Waals surface area contributed by atoms with Gasteiger partial charge in [-0.1, -0.05) is 66.7 Å². The van der Waals surface area contributed by atoms with E-state index in [9.17, 15) is 9.59 Å². The van der Waals surface area contributed by atoms with Gasteiger partial charge in [-0.25, -0.2) is 0 Å². The Balaban J connectivity index is 1.21. The standard InChI is InChI=1S/C37H30N4O3/c1-44-35-21-26(16-18-32(35)31-14-8-11-25-9-2-4-13-30(25)31)37(43)41-24-29-17-19-34(36(42)39-22-28-12-6-7-20-38-28)40(29)23-27-10-3-5-15-33(27)41/h2-21H,22-24H2,1H3,(H,39,42). The summed E-state index contributed by atoms with van der Waals surface area (Å²) in [6, 6.07) is 37.3. The van der Waals surface area contributed by atoms with Gasteiger partial charge in [0.05, 0.1) is 32.4 Å². The van der Waals surface area contributed by atoms with Gasteiger partial charge >= 0.3 is 0 Å². The molecule has 0 radical (unpaired) electrons. The first-order valence-electron chi connectivity index (χ1n) is 14.5.